The highest BCUT2D eigenvalue weighted by molar-refractivity contribution is 7.63. The van der Waals surface area contributed by atoms with E-state index in [9.17, 15) is 9.79 Å². The molecule has 72 valence electrons. The molecule has 0 saturated carbocycles. The Balaban J connectivity index is 2.58. The van der Waals surface area contributed by atoms with Crippen LogP contribution in [0, 0.1) is 0 Å². The van der Waals surface area contributed by atoms with Crippen molar-refractivity contribution in [1.82, 2.24) is 0 Å². The third kappa shape index (κ3) is 3.37. The first-order valence-corrected chi connectivity index (χ1v) is 5.73. The Kier molecular flexibility index (Phi) is 3.89. The summed E-state index contributed by atoms with van der Waals surface area (Å²) in [4.78, 5) is 18.4. The quantitative estimate of drug-likeness (QED) is 0.519. The summed E-state index contributed by atoms with van der Waals surface area (Å²) in [6, 6.07) is 0. The van der Waals surface area contributed by atoms with Gasteiger partial charge in [0.1, 0.15) is 13.7 Å². The van der Waals surface area contributed by atoms with Gasteiger partial charge in [0.25, 0.3) is 0 Å². The maximum atomic E-state index is 9.19. The summed E-state index contributed by atoms with van der Waals surface area (Å²) in [5, 5.41) is 0. The lowest BCUT2D eigenvalue weighted by Gasteiger charge is -2.10. The second kappa shape index (κ2) is 4.53. The summed E-state index contributed by atoms with van der Waals surface area (Å²) >= 11 is 0. The van der Waals surface area contributed by atoms with Gasteiger partial charge in [-0.15, -0.1) is 0 Å². The zero-order valence-electron chi connectivity index (χ0n) is 7.51. The fourth-order valence-corrected chi connectivity index (χ4v) is 1.83. The fraction of sp³-hybridized carbons (Fsp3) is 0.714. The van der Waals surface area contributed by atoms with Crippen molar-refractivity contribution in [3.63, 3.8) is 0 Å². The molecule has 0 amide bonds. The molecule has 0 aromatic rings. The van der Waals surface area contributed by atoms with E-state index in [4.69, 9.17) is 12.6 Å². The smallest absolute Gasteiger partial charge is 0.375 e. The predicted molar refractivity (Wildman–Crippen MR) is 51.2 cm³/mol. The molecule has 0 bridgehead atoms. The highest BCUT2D eigenvalue weighted by Crippen LogP contribution is 2.52. The molecule has 13 heavy (non-hydrogen) atoms. The van der Waals surface area contributed by atoms with E-state index in [1.165, 1.54) is 7.11 Å². The van der Waals surface area contributed by atoms with Crippen molar-refractivity contribution in [2.75, 3.05) is 13.7 Å². The molecule has 1 saturated heterocycles. The van der Waals surface area contributed by atoms with E-state index < -0.39 is 7.94 Å². The van der Waals surface area contributed by atoms with Crippen LogP contribution in [0.3, 0.4) is 0 Å². The van der Waals surface area contributed by atoms with Crippen molar-refractivity contribution in [3.05, 3.63) is 11.3 Å². The predicted octanol–water partition coefficient (Wildman–Crippen LogP) is 0.569. The van der Waals surface area contributed by atoms with E-state index in [0.717, 1.165) is 18.7 Å². The summed E-state index contributed by atoms with van der Waals surface area (Å²) in [5.74, 6) is 1.16. The summed E-state index contributed by atoms with van der Waals surface area (Å²) in [5.41, 5.74) is 0.345. The minimum Gasteiger partial charge on any atom is -0.375 e. The minimum absolute atomic E-state index is 0.186. The molecule has 1 aliphatic heterocycles. The van der Waals surface area contributed by atoms with Crippen molar-refractivity contribution in [2.24, 2.45) is 0 Å². The average Bonchev–Trinajstić information content (AvgIpc) is 2.55. The lowest BCUT2D eigenvalue weighted by Crippen LogP contribution is -2.09. The Labute approximate surface area is 79.5 Å². The van der Waals surface area contributed by atoms with Crippen molar-refractivity contribution in [1.29, 1.82) is 0 Å². The van der Waals surface area contributed by atoms with Crippen LogP contribution in [0.5, 0.6) is 0 Å². The second-order valence-electron chi connectivity index (χ2n) is 2.90. The molecule has 0 aliphatic carbocycles. The molecule has 1 heterocycles. The molecular weight excluding hydrogens is 190 g/mol. The Morgan fingerprint density at radius 2 is 2.38 bits per heavy atom. The molecule has 1 fully saturated rings. The largest absolute Gasteiger partial charge is 0.434 e. The van der Waals surface area contributed by atoms with Crippen LogP contribution in [0.25, 0.3) is 0 Å². The van der Waals surface area contributed by atoms with Crippen LogP contribution in [0.15, 0.2) is 11.3 Å². The van der Waals surface area contributed by atoms with Crippen molar-refractivity contribution >= 4 is 15.8 Å². The molecule has 0 aromatic heterocycles. The molecule has 1 atom stereocenters. The average molecular weight is 203 g/mol. The van der Waals surface area contributed by atoms with Crippen LogP contribution in [-0.2, 0) is 9.26 Å². The first-order valence-electron chi connectivity index (χ1n) is 4.05. The molecule has 0 aromatic carbocycles. The van der Waals surface area contributed by atoms with Gasteiger partial charge in [-0.1, -0.05) is 0 Å². The van der Waals surface area contributed by atoms with Gasteiger partial charge in [-0.3, -0.25) is 0 Å². The van der Waals surface area contributed by atoms with Crippen molar-refractivity contribution < 1.29 is 19.0 Å². The van der Waals surface area contributed by atoms with Gasteiger partial charge in [0, 0.05) is 6.61 Å². The fourth-order valence-electron chi connectivity index (χ4n) is 1.17. The maximum Gasteiger partial charge on any atom is 0.434 e. The minimum atomic E-state index is -3.40. The number of rotatable bonds is 3. The first-order chi connectivity index (χ1) is 6.05. The number of hydrogen-bond donors (Lipinski definition) is 2. The Morgan fingerprint density at radius 1 is 1.69 bits per heavy atom. The van der Waals surface area contributed by atoms with E-state index >= 15 is 0 Å². The Bertz CT molecular complexity index is 201. The summed E-state index contributed by atoms with van der Waals surface area (Å²) in [6.07, 6.45) is 1.59. The molecule has 1 rings (SSSR count). The van der Waals surface area contributed by atoms with Crippen LogP contribution < -0.4 is 0 Å². The Hall–Kier alpha value is 0.0749. The van der Waals surface area contributed by atoms with Crippen LogP contribution in [-0.4, -0.2) is 37.5 Å². The lowest BCUT2D eigenvalue weighted by molar-refractivity contribution is 0.142. The number of hydrogen-bond acceptors (Lipinski definition) is 4. The van der Waals surface area contributed by atoms with Gasteiger partial charge < -0.3 is 4.74 Å². The molecule has 2 N–H and O–H groups in total. The van der Waals surface area contributed by atoms with Gasteiger partial charge in [0.2, 0.25) is 0 Å². The van der Waals surface area contributed by atoms with Crippen LogP contribution >= 0.6 is 7.94 Å². The van der Waals surface area contributed by atoms with Crippen LogP contribution in [0.2, 0.25) is 0 Å². The van der Waals surface area contributed by atoms with E-state index in [-0.39, 0.29) is 6.10 Å². The highest BCUT2D eigenvalue weighted by Gasteiger charge is 2.32. The van der Waals surface area contributed by atoms with Gasteiger partial charge in [-0.2, -0.15) is 14.3 Å². The van der Waals surface area contributed by atoms with Crippen molar-refractivity contribution in [3.8, 4) is 0 Å². The monoisotopic (exact) mass is 203 g/mol. The third-order valence-corrected chi connectivity index (χ3v) is 3.06. The number of ether oxygens (including phenoxy) is 1. The maximum absolute atomic E-state index is 9.19. The summed E-state index contributed by atoms with van der Waals surface area (Å²) in [6.45, 7) is 0.675. The van der Waals surface area contributed by atoms with E-state index in [0.29, 0.717) is 12.1 Å². The van der Waals surface area contributed by atoms with Crippen LogP contribution in [0.1, 0.15) is 12.8 Å². The van der Waals surface area contributed by atoms with Gasteiger partial charge in [0.05, 0.1) is 13.2 Å². The van der Waals surface area contributed by atoms with Crippen molar-refractivity contribution in [2.45, 2.75) is 18.9 Å². The molecular formula is C7H13BO4P+. The Morgan fingerprint density at radius 3 is 2.85 bits per heavy atom. The van der Waals surface area contributed by atoms with Crippen LogP contribution in [0.4, 0.5) is 0 Å². The third-order valence-electron chi connectivity index (χ3n) is 1.89. The summed E-state index contributed by atoms with van der Waals surface area (Å²) < 4.78 is 9.73. The molecule has 6 heteroatoms. The molecule has 2 radical (unpaired) electrons. The second-order valence-corrected chi connectivity index (χ2v) is 4.70. The van der Waals surface area contributed by atoms with E-state index in [1.54, 1.807) is 0 Å². The highest BCUT2D eigenvalue weighted by atomic mass is 31.2. The van der Waals surface area contributed by atoms with Gasteiger partial charge in [-0.25, -0.2) is 0 Å². The zero-order chi connectivity index (χ0) is 9.90. The van der Waals surface area contributed by atoms with Gasteiger partial charge in [0.15, 0.2) is 0 Å². The zero-order valence-corrected chi connectivity index (χ0v) is 8.41. The summed E-state index contributed by atoms with van der Waals surface area (Å²) in [7, 11) is 3.43. The van der Waals surface area contributed by atoms with Gasteiger partial charge >= 0.3 is 7.94 Å². The SMILES string of the molecule is [B]/C(=C\[P+](O)(O)OC)C1CCCO1. The first kappa shape index (κ1) is 11.2. The van der Waals surface area contributed by atoms with E-state index in [2.05, 4.69) is 4.52 Å². The molecule has 4 nitrogen and oxygen atoms in total. The molecule has 1 unspecified atom stereocenters. The molecule has 0 spiro atoms. The normalized spacial score (nSPS) is 25.2. The molecule has 1 aliphatic rings. The van der Waals surface area contributed by atoms with Gasteiger partial charge in [-0.05, 0) is 18.3 Å². The lowest BCUT2D eigenvalue weighted by atomic mass is 9.91. The standard InChI is InChI=1S/C7H13BO4P/c1-11-13(9,10)5-6(8)7-3-2-4-12-7/h5,7,9-10H,2-4H2,1H3/q+1/b6-5-. The topological polar surface area (TPSA) is 58.9 Å². The van der Waals surface area contributed by atoms with E-state index in [1.807, 2.05) is 0 Å².